The van der Waals surface area contributed by atoms with Crippen LogP contribution in [0.5, 0.6) is 11.5 Å². The summed E-state index contributed by atoms with van der Waals surface area (Å²) in [5.41, 5.74) is 0. The Labute approximate surface area is 138 Å². The fourth-order valence-electron chi connectivity index (χ4n) is 2.60. The van der Waals surface area contributed by atoms with E-state index in [0.717, 1.165) is 13.0 Å². The Hall–Kier alpha value is -1.02. The zero-order chi connectivity index (χ0) is 15.5. The fourth-order valence-corrected chi connectivity index (χ4v) is 4.14. The van der Waals surface area contributed by atoms with Crippen molar-refractivity contribution in [2.75, 3.05) is 40.9 Å². The smallest absolute Gasteiger partial charge is 0.243 e. The van der Waals surface area contributed by atoms with E-state index in [9.17, 15) is 8.42 Å². The van der Waals surface area contributed by atoms with Crippen molar-refractivity contribution < 1.29 is 17.9 Å². The largest absolute Gasteiger partial charge is 0.493 e. The summed E-state index contributed by atoms with van der Waals surface area (Å²) in [5.74, 6) is 1.31. The molecule has 0 radical (unpaired) electrons. The maximum atomic E-state index is 12.7. The summed E-state index contributed by atoms with van der Waals surface area (Å²) in [6, 6.07) is 4.69. The number of rotatable bonds is 6. The molecular weight excluding hydrogens is 328 g/mol. The lowest BCUT2D eigenvalue weighted by Crippen LogP contribution is -2.30. The van der Waals surface area contributed by atoms with Gasteiger partial charge >= 0.3 is 0 Å². The lowest BCUT2D eigenvalue weighted by Gasteiger charge is -2.17. The van der Waals surface area contributed by atoms with Crippen LogP contribution in [0.3, 0.4) is 0 Å². The monoisotopic (exact) mass is 350 g/mol. The SMILES string of the molecule is CNCC1CCN(S(=O)(=O)c2ccc(OC)c(OC)c2)C1.Cl. The maximum absolute atomic E-state index is 12.7. The quantitative estimate of drug-likeness (QED) is 0.839. The summed E-state index contributed by atoms with van der Waals surface area (Å²) >= 11 is 0. The molecule has 1 saturated heterocycles. The van der Waals surface area contributed by atoms with Gasteiger partial charge in [-0.3, -0.25) is 0 Å². The van der Waals surface area contributed by atoms with Gasteiger partial charge < -0.3 is 14.8 Å². The van der Waals surface area contributed by atoms with Gasteiger partial charge in [-0.25, -0.2) is 8.42 Å². The molecular formula is C14H23ClN2O4S. The number of hydrogen-bond donors (Lipinski definition) is 1. The predicted octanol–water partition coefficient (Wildman–Crippen LogP) is 1.36. The second-order valence-corrected chi connectivity index (χ2v) is 7.03. The lowest BCUT2D eigenvalue weighted by atomic mass is 10.1. The van der Waals surface area contributed by atoms with Crippen LogP contribution in [0.25, 0.3) is 0 Å². The molecule has 1 N–H and O–H groups in total. The molecule has 0 saturated carbocycles. The number of ether oxygens (including phenoxy) is 2. The van der Waals surface area contributed by atoms with Crippen LogP contribution in [0.4, 0.5) is 0 Å². The predicted molar refractivity (Wildman–Crippen MR) is 87.6 cm³/mol. The van der Waals surface area contributed by atoms with Crippen molar-refractivity contribution in [1.82, 2.24) is 9.62 Å². The van der Waals surface area contributed by atoms with E-state index in [1.165, 1.54) is 24.6 Å². The zero-order valence-corrected chi connectivity index (χ0v) is 14.7. The van der Waals surface area contributed by atoms with E-state index < -0.39 is 10.0 Å². The number of sulfonamides is 1. The summed E-state index contributed by atoms with van der Waals surface area (Å²) in [6.07, 6.45) is 0.882. The van der Waals surface area contributed by atoms with Crippen molar-refractivity contribution in [2.24, 2.45) is 5.92 Å². The van der Waals surface area contributed by atoms with Crippen LogP contribution in [0.1, 0.15) is 6.42 Å². The average molecular weight is 351 g/mol. The van der Waals surface area contributed by atoms with Crippen molar-refractivity contribution in [3.8, 4) is 11.5 Å². The van der Waals surface area contributed by atoms with E-state index in [1.807, 2.05) is 7.05 Å². The molecule has 1 aliphatic heterocycles. The van der Waals surface area contributed by atoms with E-state index in [0.29, 0.717) is 30.5 Å². The minimum atomic E-state index is -3.48. The number of nitrogens with one attached hydrogen (secondary N) is 1. The third kappa shape index (κ3) is 3.84. The Morgan fingerprint density at radius 3 is 2.55 bits per heavy atom. The minimum absolute atomic E-state index is 0. The topological polar surface area (TPSA) is 67.9 Å². The van der Waals surface area contributed by atoms with E-state index in [2.05, 4.69) is 5.32 Å². The number of hydrogen-bond acceptors (Lipinski definition) is 5. The summed E-state index contributed by atoms with van der Waals surface area (Å²) in [7, 11) is 1.42. The Bertz CT molecular complexity index is 595. The summed E-state index contributed by atoms with van der Waals surface area (Å²) in [5, 5.41) is 3.10. The highest BCUT2D eigenvalue weighted by molar-refractivity contribution is 7.89. The Morgan fingerprint density at radius 1 is 1.27 bits per heavy atom. The second-order valence-electron chi connectivity index (χ2n) is 5.09. The van der Waals surface area contributed by atoms with E-state index in [1.54, 1.807) is 12.1 Å². The van der Waals surface area contributed by atoms with Gasteiger partial charge in [0, 0.05) is 19.2 Å². The molecule has 6 nitrogen and oxygen atoms in total. The molecule has 126 valence electrons. The van der Waals surface area contributed by atoms with Gasteiger partial charge in [0.2, 0.25) is 10.0 Å². The van der Waals surface area contributed by atoms with Gasteiger partial charge in [-0.05, 0) is 38.1 Å². The second kappa shape index (κ2) is 8.01. The number of benzene rings is 1. The first kappa shape index (κ1) is 19.0. The highest BCUT2D eigenvalue weighted by atomic mass is 35.5. The van der Waals surface area contributed by atoms with Crippen LogP contribution in [-0.4, -0.2) is 53.6 Å². The first-order valence-corrected chi connectivity index (χ1v) is 8.33. The Balaban J connectivity index is 0.00000242. The molecule has 1 aliphatic rings. The van der Waals surface area contributed by atoms with E-state index >= 15 is 0 Å². The highest BCUT2D eigenvalue weighted by Crippen LogP contribution is 2.32. The minimum Gasteiger partial charge on any atom is -0.493 e. The molecule has 8 heteroatoms. The van der Waals surface area contributed by atoms with E-state index in [-0.39, 0.29) is 17.3 Å². The van der Waals surface area contributed by atoms with Gasteiger partial charge in [-0.1, -0.05) is 0 Å². The molecule has 1 aromatic carbocycles. The van der Waals surface area contributed by atoms with Crippen molar-refractivity contribution in [3.63, 3.8) is 0 Å². The summed E-state index contributed by atoms with van der Waals surface area (Å²) in [6.45, 7) is 1.94. The lowest BCUT2D eigenvalue weighted by molar-refractivity contribution is 0.353. The van der Waals surface area contributed by atoms with Crippen molar-refractivity contribution >= 4 is 22.4 Å². The van der Waals surface area contributed by atoms with Crippen LogP contribution in [-0.2, 0) is 10.0 Å². The van der Waals surface area contributed by atoms with Crippen LogP contribution in [0.15, 0.2) is 23.1 Å². The highest BCUT2D eigenvalue weighted by Gasteiger charge is 2.32. The van der Waals surface area contributed by atoms with Gasteiger partial charge in [0.1, 0.15) is 0 Å². The molecule has 0 aromatic heterocycles. The zero-order valence-electron chi connectivity index (χ0n) is 13.0. The Morgan fingerprint density at radius 2 is 1.95 bits per heavy atom. The normalized spacial score (nSPS) is 18.8. The summed E-state index contributed by atoms with van der Waals surface area (Å²) < 4.78 is 37.2. The van der Waals surface area contributed by atoms with Gasteiger partial charge in [-0.2, -0.15) is 4.31 Å². The van der Waals surface area contributed by atoms with Crippen LogP contribution in [0, 0.1) is 5.92 Å². The van der Waals surface area contributed by atoms with Gasteiger partial charge in [-0.15, -0.1) is 12.4 Å². The standard InChI is InChI=1S/C14H22N2O4S.ClH/c1-15-9-11-6-7-16(10-11)21(17,18)12-4-5-13(19-2)14(8-12)20-3;/h4-5,8,11,15H,6-7,9-10H2,1-3H3;1H. The third-order valence-corrected chi connectivity index (χ3v) is 5.60. The molecule has 0 aliphatic carbocycles. The van der Waals surface area contributed by atoms with Gasteiger partial charge in [0.05, 0.1) is 19.1 Å². The van der Waals surface area contributed by atoms with Gasteiger partial charge in [0.15, 0.2) is 11.5 Å². The molecule has 1 atom stereocenters. The number of nitrogens with zero attached hydrogens (tertiary/aromatic N) is 1. The number of halogens is 1. The third-order valence-electron chi connectivity index (χ3n) is 3.73. The molecule has 0 spiro atoms. The van der Waals surface area contributed by atoms with Crippen LogP contribution in [0.2, 0.25) is 0 Å². The molecule has 1 heterocycles. The molecule has 1 aromatic rings. The molecule has 22 heavy (non-hydrogen) atoms. The fraction of sp³-hybridized carbons (Fsp3) is 0.571. The maximum Gasteiger partial charge on any atom is 0.243 e. The molecule has 1 unspecified atom stereocenters. The molecule has 0 amide bonds. The average Bonchev–Trinajstić information content (AvgIpc) is 2.96. The van der Waals surface area contributed by atoms with Crippen molar-refractivity contribution in [1.29, 1.82) is 0 Å². The van der Waals surface area contributed by atoms with E-state index in [4.69, 9.17) is 9.47 Å². The first-order chi connectivity index (χ1) is 10.0. The molecule has 1 fully saturated rings. The molecule has 0 bridgehead atoms. The summed E-state index contributed by atoms with van der Waals surface area (Å²) in [4.78, 5) is 0.241. The first-order valence-electron chi connectivity index (χ1n) is 6.89. The molecule has 2 rings (SSSR count). The van der Waals surface area contributed by atoms with Crippen LogP contribution < -0.4 is 14.8 Å². The van der Waals surface area contributed by atoms with Crippen molar-refractivity contribution in [2.45, 2.75) is 11.3 Å². The van der Waals surface area contributed by atoms with Gasteiger partial charge in [0.25, 0.3) is 0 Å². The van der Waals surface area contributed by atoms with Crippen LogP contribution >= 0.6 is 12.4 Å². The van der Waals surface area contributed by atoms with Crippen molar-refractivity contribution in [3.05, 3.63) is 18.2 Å². The number of methoxy groups -OCH3 is 2. The Kier molecular flexibility index (Phi) is 6.93.